The first-order valence-electron chi connectivity index (χ1n) is 9.89. The van der Waals surface area contributed by atoms with Crippen molar-refractivity contribution in [1.82, 2.24) is 19.6 Å². The third-order valence-corrected chi connectivity index (χ3v) is 5.35. The minimum atomic E-state index is 0.0303. The molecule has 0 aromatic carbocycles. The van der Waals surface area contributed by atoms with E-state index in [1.165, 1.54) is 25.9 Å². The highest BCUT2D eigenvalue weighted by Crippen LogP contribution is 2.22. The zero-order valence-electron chi connectivity index (χ0n) is 16.0. The van der Waals surface area contributed by atoms with Crippen LogP contribution in [0.2, 0.25) is 0 Å². The molecule has 2 saturated heterocycles. The van der Waals surface area contributed by atoms with Gasteiger partial charge in [0.25, 0.3) is 0 Å². The summed E-state index contributed by atoms with van der Waals surface area (Å²) >= 11 is 0. The number of likely N-dealkylation sites (tertiary alicyclic amines) is 2. The van der Waals surface area contributed by atoms with Crippen LogP contribution in [0.1, 0.15) is 45.7 Å². The van der Waals surface area contributed by atoms with Crippen LogP contribution in [0, 0.1) is 11.8 Å². The Labute approximate surface area is 151 Å². The summed E-state index contributed by atoms with van der Waals surface area (Å²) in [6, 6.07) is 0.0303. The van der Waals surface area contributed by atoms with Gasteiger partial charge in [-0.15, -0.1) is 0 Å². The molecule has 1 aromatic heterocycles. The van der Waals surface area contributed by atoms with Gasteiger partial charge in [-0.2, -0.15) is 5.10 Å². The van der Waals surface area contributed by atoms with Crippen LogP contribution in [0.4, 0.5) is 10.5 Å². The fourth-order valence-corrected chi connectivity index (χ4v) is 4.08. The van der Waals surface area contributed by atoms with E-state index in [1.807, 2.05) is 9.58 Å². The summed E-state index contributed by atoms with van der Waals surface area (Å²) in [5, 5.41) is 7.57. The molecule has 3 rings (SSSR count). The van der Waals surface area contributed by atoms with E-state index < -0.39 is 0 Å². The Hall–Kier alpha value is -1.56. The molecule has 2 fully saturated rings. The molecule has 0 aliphatic carbocycles. The van der Waals surface area contributed by atoms with Crippen LogP contribution >= 0.6 is 0 Å². The lowest BCUT2D eigenvalue weighted by atomic mass is 10.1. The van der Waals surface area contributed by atoms with E-state index in [0.717, 1.165) is 50.4 Å². The highest BCUT2D eigenvalue weighted by atomic mass is 16.2. The number of anilines is 1. The van der Waals surface area contributed by atoms with Gasteiger partial charge in [-0.05, 0) is 50.6 Å². The van der Waals surface area contributed by atoms with Gasteiger partial charge in [0.05, 0.1) is 17.6 Å². The molecule has 140 valence electrons. The summed E-state index contributed by atoms with van der Waals surface area (Å²) in [5.41, 5.74) is 1.99. The van der Waals surface area contributed by atoms with Crippen molar-refractivity contribution in [3.8, 4) is 0 Å². The van der Waals surface area contributed by atoms with E-state index in [0.29, 0.717) is 11.8 Å². The summed E-state index contributed by atoms with van der Waals surface area (Å²) in [6.45, 7) is 12.7. The Morgan fingerprint density at radius 3 is 2.76 bits per heavy atom. The molecule has 0 bridgehead atoms. The summed E-state index contributed by atoms with van der Waals surface area (Å²) in [7, 11) is 0. The Balaban J connectivity index is 1.54. The molecule has 1 atom stereocenters. The van der Waals surface area contributed by atoms with Gasteiger partial charge in [0.2, 0.25) is 0 Å². The number of amides is 2. The number of carbonyl (C=O) groups is 1. The average molecular weight is 348 g/mol. The fourth-order valence-electron chi connectivity index (χ4n) is 4.08. The number of aromatic nitrogens is 2. The van der Waals surface area contributed by atoms with E-state index in [4.69, 9.17) is 0 Å². The van der Waals surface area contributed by atoms with Crippen LogP contribution in [0.3, 0.4) is 0 Å². The molecule has 1 N–H and O–H groups in total. The van der Waals surface area contributed by atoms with E-state index in [2.05, 4.69) is 36.1 Å². The molecule has 2 aliphatic heterocycles. The maximum atomic E-state index is 12.7. The number of rotatable bonds is 6. The van der Waals surface area contributed by atoms with Crippen molar-refractivity contribution >= 4 is 11.7 Å². The summed E-state index contributed by atoms with van der Waals surface area (Å²) in [4.78, 5) is 17.2. The van der Waals surface area contributed by atoms with Gasteiger partial charge in [-0.25, -0.2) is 4.79 Å². The molecule has 1 aromatic rings. The SMILES string of the molecule is CCc1c(NC(=O)N2CCC(CN3CCCC3)C2)cnn1CC(C)C. The second-order valence-corrected chi connectivity index (χ2v) is 7.97. The number of hydrogen-bond acceptors (Lipinski definition) is 3. The lowest BCUT2D eigenvalue weighted by molar-refractivity contribution is 0.217. The minimum Gasteiger partial charge on any atom is -0.324 e. The standard InChI is InChI=1S/C19H33N5O/c1-4-18-17(11-20-24(18)12-15(2)3)21-19(25)23-10-7-16(14-23)13-22-8-5-6-9-22/h11,15-16H,4-10,12-14H2,1-3H3,(H,21,25). The zero-order chi connectivity index (χ0) is 17.8. The predicted molar refractivity (Wildman–Crippen MR) is 101 cm³/mol. The van der Waals surface area contributed by atoms with Crippen molar-refractivity contribution in [1.29, 1.82) is 0 Å². The van der Waals surface area contributed by atoms with Crippen LogP contribution in [-0.4, -0.2) is 58.3 Å². The predicted octanol–water partition coefficient (Wildman–Crippen LogP) is 3.05. The van der Waals surface area contributed by atoms with Crippen molar-refractivity contribution in [3.05, 3.63) is 11.9 Å². The maximum Gasteiger partial charge on any atom is 0.321 e. The Kier molecular flexibility index (Phi) is 5.99. The molecular weight excluding hydrogens is 314 g/mol. The molecule has 0 spiro atoms. The maximum absolute atomic E-state index is 12.7. The molecule has 2 amide bonds. The second kappa shape index (κ2) is 8.21. The molecule has 2 aliphatic rings. The quantitative estimate of drug-likeness (QED) is 0.860. The lowest BCUT2D eigenvalue weighted by Crippen LogP contribution is -2.35. The normalized spacial score (nSPS) is 21.4. The van der Waals surface area contributed by atoms with Crippen molar-refractivity contribution in [2.75, 3.05) is 38.0 Å². The van der Waals surface area contributed by atoms with Gasteiger partial charge in [0, 0.05) is 26.2 Å². The molecule has 25 heavy (non-hydrogen) atoms. The van der Waals surface area contributed by atoms with Gasteiger partial charge in [0.15, 0.2) is 0 Å². The van der Waals surface area contributed by atoms with Crippen molar-refractivity contribution in [3.63, 3.8) is 0 Å². The molecule has 0 radical (unpaired) electrons. The van der Waals surface area contributed by atoms with Crippen molar-refractivity contribution in [2.24, 2.45) is 11.8 Å². The number of urea groups is 1. The van der Waals surface area contributed by atoms with Gasteiger partial charge in [0.1, 0.15) is 0 Å². The van der Waals surface area contributed by atoms with Gasteiger partial charge < -0.3 is 15.1 Å². The third kappa shape index (κ3) is 4.54. The first kappa shape index (κ1) is 18.2. The molecule has 1 unspecified atom stereocenters. The van der Waals surface area contributed by atoms with Gasteiger partial charge in [-0.3, -0.25) is 4.68 Å². The van der Waals surface area contributed by atoms with E-state index in [-0.39, 0.29) is 6.03 Å². The van der Waals surface area contributed by atoms with E-state index in [1.54, 1.807) is 6.20 Å². The number of hydrogen-bond donors (Lipinski definition) is 1. The summed E-state index contributed by atoms with van der Waals surface area (Å²) in [5.74, 6) is 1.16. The van der Waals surface area contributed by atoms with Gasteiger partial charge >= 0.3 is 6.03 Å². The molecule has 3 heterocycles. The highest BCUT2D eigenvalue weighted by Gasteiger charge is 2.29. The van der Waals surface area contributed by atoms with Crippen molar-refractivity contribution in [2.45, 2.75) is 53.0 Å². The number of nitrogens with one attached hydrogen (secondary N) is 1. The highest BCUT2D eigenvalue weighted by molar-refractivity contribution is 5.90. The van der Waals surface area contributed by atoms with Crippen molar-refractivity contribution < 1.29 is 4.79 Å². The van der Waals surface area contributed by atoms with Crippen LogP contribution in [0.5, 0.6) is 0 Å². The smallest absolute Gasteiger partial charge is 0.321 e. The van der Waals surface area contributed by atoms with Crippen LogP contribution in [0.25, 0.3) is 0 Å². The average Bonchev–Trinajstić information content (AvgIpc) is 3.29. The molecular formula is C19H33N5O. The summed E-state index contributed by atoms with van der Waals surface area (Å²) < 4.78 is 2.03. The van der Waals surface area contributed by atoms with Crippen LogP contribution in [-0.2, 0) is 13.0 Å². The van der Waals surface area contributed by atoms with E-state index in [9.17, 15) is 4.79 Å². The topological polar surface area (TPSA) is 53.4 Å². The second-order valence-electron chi connectivity index (χ2n) is 7.97. The molecule has 6 heteroatoms. The number of nitrogens with zero attached hydrogens (tertiary/aromatic N) is 4. The zero-order valence-corrected chi connectivity index (χ0v) is 16.0. The first-order valence-corrected chi connectivity index (χ1v) is 9.89. The van der Waals surface area contributed by atoms with Gasteiger partial charge in [-0.1, -0.05) is 20.8 Å². The third-order valence-electron chi connectivity index (χ3n) is 5.35. The van der Waals surface area contributed by atoms with Crippen LogP contribution in [0.15, 0.2) is 6.20 Å². The fraction of sp³-hybridized carbons (Fsp3) is 0.789. The van der Waals surface area contributed by atoms with E-state index >= 15 is 0 Å². The lowest BCUT2D eigenvalue weighted by Gasteiger charge is -2.21. The van der Waals surface area contributed by atoms with Crippen LogP contribution < -0.4 is 5.32 Å². The Morgan fingerprint density at radius 2 is 2.08 bits per heavy atom. The Bertz CT molecular complexity index is 576. The molecule has 0 saturated carbocycles. The Morgan fingerprint density at radius 1 is 1.32 bits per heavy atom. The first-order chi connectivity index (χ1) is 12.1. The molecule has 6 nitrogen and oxygen atoms in total. The number of carbonyl (C=O) groups excluding carboxylic acids is 1. The summed E-state index contributed by atoms with van der Waals surface area (Å²) in [6.07, 6.45) is 6.46. The monoisotopic (exact) mass is 347 g/mol. The largest absolute Gasteiger partial charge is 0.324 e. The minimum absolute atomic E-state index is 0.0303.